The molecule has 0 radical (unpaired) electrons. The van der Waals surface area contributed by atoms with Gasteiger partial charge in [-0.05, 0) is 51.2 Å². The first-order chi connectivity index (χ1) is 10.5. The van der Waals surface area contributed by atoms with E-state index in [1.54, 1.807) is 0 Å². The predicted octanol–water partition coefficient (Wildman–Crippen LogP) is 2.07. The van der Waals surface area contributed by atoms with E-state index in [0.29, 0.717) is 11.8 Å². The molecule has 1 aliphatic heterocycles. The molecule has 1 saturated heterocycles. The van der Waals surface area contributed by atoms with Crippen LogP contribution >= 0.6 is 0 Å². The lowest BCUT2D eigenvalue weighted by Crippen LogP contribution is -2.43. The molecule has 1 aliphatic rings. The lowest BCUT2D eigenvalue weighted by Gasteiger charge is -2.35. The van der Waals surface area contributed by atoms with Crippen molar-refractivity contribution in [1.82, 2.24) is 9.80 Å². The molecule has 1 aromatic carbocycles. The van der Waals surface area contributed by atoms with Crippen LogP contribution in [0.4, 0.5) is 0 Å². The molecule has 0 spiro atoms. The van der Waals surface area contributed by atoms with Gasteiger partial charge in [-0.2, -0.15) is 0 Å². The van der Waals surface area contributed by atoms with Crippen molar-refractivity contribution in [3.63, 3.8) is 0 Å². The number of hydrogen-bond acceptors (Lipinski definition) is 4. The third-order valence-corrected chi connectivity index (χ3v) is 4.18. The fourth-order valence-electron chi connectivity index (χ4n) is 2.95. The monoisotopic (exact) mass is 306 g/mol. The van der Waals surface area contributed by atoms with Crippen LogP contribution in [-0.2, 0) is 11.3 Å². The summed E-state index contributed by atoms with van der Waals surface area (Å²) in [5, 5.41) is 8.59. The van der Waals surface area contributed by atoms with Crippen molar-refractivity contribution in [2.24, 2.45) is 0 Å². The Labute approximate surface area is 132 Å². The first-order valence-electron chi connectivity index (χ1n) is 7.87. The van der Waals surface area contributed by atoms with Gasteiger partial charge in [0.05, 0.1) is 0 Å². The van der Waals surface area contributed by atoms with E-state index in [-0.39, 0.29) is 6.61 Å². The fraction of sp³-hybridized carbons (Fsp3) is 0.588. The lowest BCUT2D eigenvalue weighted by molar-refractivity contribution is -0.139. The van der Waals surface area contributed by atoms with Crippen LogP contribution < -0.4 is 4.74 Å². The van der Waals surface area contributed by atoms with Gasteiger partial charge >= 0.3 is 5.97 Å². The summed E-state index contributed by atoms with van der Waals surface area (Å²) in [5.41, 5.74) is 1.21. The second-order valence-corrected chi connectivity index (χ2v) is 6.15. The number of nitrogens with zero attached hydrogens (tertiary/aromatic N) is 2. The molecule has 0 aromatic heterocycles. The van der Waals surface area contributed by atoms with E-state index < -0.39 is 5.97 Å². The minimum absolute atomic E-state index is 0.298. The van der Waals surface area contributed by atoms with Crippen LogP contribution in [0.15, 0.2) is 24.3 Å². The summed E-state index contributed by atoms with van der Waals surface area (Å²) >= 11 is 0. The highest BCUT2D eigenvalue weighted by Gasteiger charge is 2.20. The van der Waals surface area contributed by atoms with Crippen molar-refractivity contribution in [2.75, 3.05) is 33.8 Å². The minimum atomic E-state index is -0.958. The van der Waals surface area contributed by atoms with Crippen molar-refractivity contribution in [3.8, 4) is 5.75 Å². The zero-order valence-corrected chi connectivity index (χ0v) is 13.5. The van der Waals surface area contributed by atoms with Gasteiger partial charge in [-0.25, -0.2) is 4.79 Å². The van der Waals surface area contributed by atoms with Crippen LogP contribution in [0.3, 0.4) is 0 Å². The largest absolute Gasteiger partial charge is 0.482 e. The van der Waals surface area contributed by atoms with E-state index in [9.17, 15) is 4.79 Å². The molecule has 22 heavy (non-hydrogen) atoms. The van der Waals surface area contributed by atoms with E-state index in [4.69, 9.17) is 9.84 Å². The van der Waals surface area contributed by atoms with Gasteiger partial charge < -0.3 is 19.6 Å². The van der Waals surface area contributed by atoms with Crippen LogP contribution in [0.1, 0.15) is 24.8 Å². The number of likely N-dealkylation sites (tertiary alicyclic amines) is 1. The summed E-state index contributed by atoms with van der Waals surface area (Å²) in [6.45, 7) is 2.87. The number of piperidine rings is 1. The smallest absolute Gasteiger partial charge is 0.341 e. The van der Waals surface area contributed by atoms with E-state index in [1.165, 1.54) is 31.4 Å². The first kappa shape index (κ1) is 16.8. The maximum absolute atomic E-state index is 10.5. The number of rotatable bonds is 7. The molecular formula is C17H26N2O3. The quantitative estimate of drug-likeness (QED) is 0.836. The van der Waals surface area contributed by atoms with Gasteiger partial charge in [0.1, 0.15) is 5.75 Å². The standard InChI is InChI=1S/C17H26N2O3/c1-18(12-15-5-3-4-10-19(15)2)11-14-6-8-16(9-7-14)22-13-17(20)21/h6-9,15H,3-5,10-13H2,1-2H3,(H,20,21). The third-order valence-electron chi connectivity index (χ3n) is 4.18. The zero-order chi connectivity index (χ0) is 15.9. The fourth-order valence-corrected chi connectivity index (χ4v) is 2.95. The van der Waals surface area contributed by atoms with Crippen molar-refractivity contribution < 1.29 is 14.6 Å². The Balaban J connectivity index is 1.80. The highest BCUT2D eigenvalue weighted by atomic mass is 16.5. The number of aliphatic carboxylic acids is 1. The number of hydrogen-bond donors (Lipinski definition) is 1. The van der Waals surface area contributed by atoms with Crippen LogP contribution in [0.25, 0.3) is 0 Å². The topological polar surface area (TPSA) is 53.0 Å². The molecule has 0 saturated carbocycles. The Morgan fingerprint density at radius 2 is 2.09 bits per heavy atom. The summed E-state index contributed by atoms with van der Waals surface area (Å²) in [4.78, 5) is 15.3. The summed E-state index contributed by atoms with van der Waals surface area (Å²) in [6, 6.07) is 8.31. The van der Waals surface area contributed by atoms with E-state index in [1.807, 2.05) is 24.3 Å². The molecule has 5 heteroatoms. The molecule has 1 atom stereocenters. The molecule has 2 rings (SSSR count). The summed E-state index contributed by atoms with van der Waals surface area (Å²) < 4.78 is 5.14. The van der Waals surface area contributed by atoms with Crippen LogP contribution in [-0.4, -0.2) is 60.7 Å². The summed E-state index contributed by atoms with van der Waals surface area (Å²) in [6.07, 6.45) is 3.93. The van der Waals surface area contributed by atoms with E-state index in [0.717, 1.165) is 13.1 Å². The summed E-state index contributed by atoms with van der Waals surface area (Å²) in [5.74, 6) is -0.360. The predicted molar refractivity (Wildman–Crippen MR) is 86.2 cm³/mol. The molecular weight excluding hydrogens is 280 g/mol. The summed E-state index contributed by atoms with van der Waals surface area (Å²) in [7, 11) is 4.36. The van der Waals surface area contributed by atoms with Crippen molar-refractivity contribution in [1.29, 1.82) is 0 Å². The van der Waals surface area contributed by atoms with Crippen molar-refractivity contribution in [3.05, 3.63) is 29.8 Å². The van der Waals surface area contributed by atoms with Crippen LogP contribution in [0, 0.1) is 0 Å². The van der Waals surface area contributed by atoms with Gasteiger partial charge in [-0.1, -0.05) is 18.6 Å². The number of likely N-dealkylation sites (N-methyl/N-ethyl adjacent to an activating group) is 2. The minimum Gasteiger partial charge on any atom is -0.482 e. The third kappa shape index (κ3) is 5.31. The highest BCUT2D eigenvalue weighted by molar-refractivity contribution is 5.68. The Morgan fingerprint density at radius 3 is 2.73 bits per heavy atom. The van der Waals surface area contributed by atoms with Crippen LogP contribution in [0.2, 0.25) is 0 Å². The van der Waals surface area contributed by atoms with Gasteiger partial charge in [0.2, 0.25) is 0 Å². The number of carboxylic acid groups (broad SMARTS) is 1. The molecule has 0 amide bonds. The Morgan fingerprint density at radius 1 is 1.36 bits per heavy atom. The van der Waals surface area contributed by atoms with E-state index in [2.05, 4.69) is 23.9 Å². The average molecular weight is 306 g/mol. The molecule has 0 aliphatic carbocycles. The van der Waals surface area contributed by atoms with E-state index >= 15 is 0 Å². The van der Waals surface area contributed by atoms with Gasteiger partial charge in [0.25, 0.3) is 0 Å². The second kappa shape index (κ2) is 8.15. The normalized spacial score (nSPS) is 19.3. The Hall–Kier alpha value is -1.59. The molecule has 1 N–H and O–H groups in total. The Bertz CT molecular complexity index is 475. The maximum atomic E-state index is 10.5. The number of carbonyl (C=O) groups is 1. The molecule has 1 aromatic rings. The van der Waals surface area contributed by atoms with Gasteiger partial charge in [-0.3, -0.25) is 0 Å². The molecule has 1 heterocycles. The number of ether oxygens (including phenoxy) is 1. The Kier molecular flexibility index (Phi) is 6.21. The number of benzene rings is 1. The molecule has 5 nitrogen and oxygen atoms in total. The molecule has 1 unspecified atom stereocenters. The second-order valence-electron chi connectivity index (χ2n) is 6.15. The van der Waals surface area contributed by atoms with Crippen molar-refractivity contribution in [2.45, 2.75) is 31.8 Å². The SMILES string of the molecule is CN(Cc1ccc(OCC(=O)O)cc1)CC1CCCCN1C. The molecule has 1 fully saturated rings. The lowest BCUT2D eigenvalue weighted by atomic mass is 10.0. The van der Waals surface area contributed by atoms with Gasteiger partial charge in [0.15, 0.2) is 6.61 Å². The molecule has 0 bridgehead atoms. The van der Waals surface area contributed by atoms with Gasteiger partial charge in [0, 0.05) is 19.1 Å². The maximum Gasteiger partial charge on any atom is 0.341 e. The number of carboxylic acids is 1. The van der Waals surface area contributed by atoms with Crippen LogP contribution in [0.5, 0.6) is 5.75 Å². The highest BCUT2D eigenvalue weighted by Crippen LogP contribution is 2.17. The van der Waals surface area contributed by atoms with Crippen molar-refractivity contribution >= 4 is 5.97 Å². The molecule has 122 valence electrons. The first-order valence-corrected chi connectivity index (χ1v) is 7.87. The van der Waals surface area contributed by atoms with Gasteiger partial charge in [-0.15, -0.1) is 0 Å². The zero-order valence-electron chi connectivity index (χ0n) is 13.5. The average Bonchev–Trinajstić information content (AvgIpc) is 2.49.